The number of aliphatic hydroxyl groups excluding tert-OH is 1. The molecular weight excluding hydrogens is 1240 g/mol. The van der Waals surface area contributed by atoms with Crippen molar-refractivity contribution in [3.05, 3.63) is 117 Å². The summed E-state index contributed by atoms with van der Waals surface area (Å²) < 4.78 is 65.4. The number of halogens is 4. The van der Waals surface area contributed by atoms with E-state index in [9.17, 15) is 38.3 Å². The number of fused-ring (bicyclic) bond motifs is 1. The number of β-amino-alcohol motifs (C(OH)–C–C–N with tert-alkyl or cyclic N) is 1. The van der Waals surface area contributed by atoms with E-state index in [0.717, 1.165) is 66.6 Å². The average Bonchev–Trinajstić information content (AvgIpc) is 1.59. The van der Waals surface area contributed by atoms with Gasteiger partial charge in [0.15, 0.2) is 29.4 Å². The Morgan fingerprint density at radius 1 is 0.892 bits per heavy atom. The van der Waals surface area contributed by atoms with E-state index in [1.807, 2.05) is 72.2 Å². The number of likely N-dealkylation sites (tertiary alicyclic amines) is 3. The number of amides is 6. The normalized spacial score (nSPS) is 23.4. The van der Waals surface area contributed by atoms with Crippen molar-refractivity contribution in [3.63, 3.8) is 0 Å². The Morgan fingerprint density at radius 2 is 1.57 bits per heavy atom. The molecule has 1 aromatic heterocycles. The molecule has 5 aromatic rings. The van der Waals surface area contributed by atoms with Crippen LogP contribution in [0.5, 0.6) is 17.2 Å². The number of ether oxygens (including phenoxy) is 3. The average molecular weight is 1320 g/mol. The quantitative estimate of drug-likeness (QED) is 0.0490. The lowest BCUT2D eigenvalue weighted by molar-refractivity contribution is -0.145. The van der Waals surface area contributed by atoms with Gasteiger partial charge in [-0.25, -0.2) is 18.2 Å². The number of nitrogens with zero attached hydrogens (tertiary/aromatic N) is 4. The summed E-state index contributed by atoms with van der Waals surface area (Å²) >= 11 is 8.20. The molecule has 5 heterocycles. The number of carbonyl (C=O) groups is 6. The van der Waals surface area contributed by atoms with Crippen LogP contribution >= 0.6 is 22.9 Å². The summed E-state index contributed by atoms with van der Waals surface area (Å²) in [5.41, 5.74) is 6.61. The number of benzene rings is 4. The van der Waals surface area contributed by atoms with E-state index < -0.39 is 76.1 Å². The molecule has 6 N–H and O–H groups in total. The highest BCUT2D eigenvalue weighted by molar-refractivity contribution is 7.13. The smallest absolute Gasteiger partial charge is 0.260 e. The molecule has 93 heavy (non-hydrogen) atoms. The first-order valence-electron chi connectivity index (χ1n) is 32.5. The lowest BCUT2D eigenvalue weighted by atomic mass is 9.77. The Hall–Kier alpha value is -7.27. The van der Waals surface area contributed by atoms with Gasteiger partial charge >= 0.3 is 0 Å². The number of hydrogen-bond donors (Lipinski definition) is 5. The number of nitrogens with one attached hydrogen (secondary N) is 3. The van der Waals surface area contributed by atoms with Crippen molar-refractivity contribution in [2.75, 3.05) is 53.0 Å². The van der Waals surface area contributed by atoms with Crippen molar-refractivity contribution < 1.29 is 61.3 Å². The first kappa shape index (κ1) is 67.2. The van der Waals surface area contributed by atoms with Crippen LogP contribution in [-0.2, 0) is 36.1 Å². The van der Waals surface area contributed by atoms with Crippen LogP contribution in [0.2, 0.25) is 5.02 Å². The Kier molecular flexibility index (Phi) is 19.9. The van der Waals surface area contributed by atoms with Crippen LogP contribution in [0.3, 0.4) is 0 Å². The highest BCUT2D eigenvalue weighted by atomic mass is 35.5. The number of methoxy groups -OCH3 is 1. The number of piperidine rings is 2. The number of primary amides is 1. The third-order valence-electron chi connectivity index (χ3n) is 20.3. The number of alkyl halides is 1. The summed E-state index contributed by atoms with van der Waals surface area (Å²) in [6, 6.07) is 16.8. The number of thiazole rings is 1. The van der Waals surface area contributed by atoms with Crippen molar-refractivity contribution in [3.8, 4) is 38.8 Å². The molecule has 0 unspecified atom stereocenters. The zero-order valence-electron chi connectivity index (χ0n) is 53.6. The van der Waals surface area contributed by atoms with Gasteiger partial charge in [0.05, 0.1) is 39.9 Å². The second-order valence-electron chi connectivity index (χ2n) is 27.4. The van der Waals surface area contributed by atoms with Crippen molar-refractivity contribution in [1.82, 2.24) is 35.6 Å². The van der Waals surface area contributed by atoms with Gasteiger partial charge in [-0.15, -0.1) is 11.3 Å². The first-order chi connectivity index (χ1) is 44.4. The van der Waals surface area contributed by atoms with E-state index in [4.69, 9.17) is 31.5 Å². The van der Waals surface area contributed by atoms with Crippen molar-refractivity contribution in [1.29, 1.82) is 0 Å². The maximum absolute atomic E-state index is 16.3. The molecule has 5 atom stereocenters. The number of hydrogen-bond acceptors (Lipinski definition) is 13. The monoisotopic (exact) mass is 1320 g/mol. The van der Waals surface area contributed by atoms with Gasteiger partial charge in [-0.2, -0.15) is 0 Å². The van der Waals surface area contributed by atoms with Crippen LogP contribution in [0.15, 0.2) is 72.2 Å². The topological polar surface area (TPSA) is 235 Å². The van der Waals surface area contributed by atoms with Crippen LogP contribution in [-0.4, -0.2) is 143 Å². The number of aryl methyl sites for hydroxylation is 1. The van der Waals surface area contributed by atoms with Gasteiger partial charge in [0.1, 0.15) is 29.4 Å². The number of rotatable bonds is 20. The van der Waals surface area contributed by atoms with E-state index in [2.05, 4.69) is 20.9 Å². The van der Waals surface area contributed by atoms with Crippen molar-refractivity contribution in [2.45, 2.75) is 160 Å². The molecule has 6 aliphatic rings. The third kappa shape index (κ3) is 14.1. The number of carbonyl (C=O) groups excluding carboxylic acids is 6. The van der Waals surface area contributed by atoms with Crippen LogP contribution in [0.4, 0.5) is 13.2 Å². The van der Waals surface area contributed by atoms with Crippen LogP contribution in [0, 0.1) is 41.7 Å². The van der Waals surface area contributed by atoms with Gasteiger partial charge in [0.2, 0.25) is 23.6 Å². The molecular formula is C70H84ClF3N8O10S. The molecule has 4 aromatic carbocycles. The molecule has 498 valence electrons. The Balaban J connectivity index is 0.647. The Morgan fingerprint density at radius 3 is 2.19 bits per heavy atom. The molecule has 11 rings (SSSR count). The molecule has 4 aliphatic heterocycles. The summed E-state index contributed by atoms with van der Waals surface area (Å²) in [4.78, 5) is 92.1. The highest BCUT2D eigenvalue weighted by Gasteiger charge is 2.54. The fourth-order valence-corrected chi connectivity index (χ4v) is 15.6. The fourth-order valence-electron chi connectivity index (χ4n) is 14.6. The SMILES string of the molecule is COc1ccc(C(N)=O)c(-c2c(Cl)c(F)cc3c2[C@H](C)[C@@](CNC2CCC(C(=O)N4CCC(CC5CCN(C(=O)COc6cc(-c7scnc7C)ccc6CNC(=O)[C@@H]6C[C@@H](O)CN6C(=O)[C@@H](NC(=O)C6(F)CC6)C(C)(C)C)CC5)CC4)CC2)(c2ccccc2)O3)c1F. The van der Waals surface area contributed by atoms with Gasteiger partial charge in [-0.3, -0.25) is 28.8 Å². The highest BCUT2D eigenvalue weighted by Crippen LogP contribution is 2.57. The summed E-state index contributed by atoms with van der Waals surface area (Å²) in [6.07, 6.45) is 6.66. The van der Waals surface area contributed by atoms with Crippen molar-refractivity contribution >= 4 is 58.4 Å². The zero-order chi connectivity index (χ0) is 66.3. The van der Waals surface area contributed by atoms with Gasteiger partial charge in [-0.1, -0.05) is 81.8 Å². The summed E-state index contributed by atoms with van der Waals surface area (Å²) in [7, 11) is 1.29. The number of aromatic nitrogens is 1. The number of nitrogens with two attached hydrogens (primary N) is 1. The molecule has 2 saturated carbocycles. The minimum atomic E-state index is -2.01. The lowest BCUT2D eigenvalue weighted by Crippen LogP contribution is -2.59. The van der Waals surface area contributed by atoms with Gasteiger partial charge < -0.3 is 55.7 Å². The summed E-state index contributed by atoms with van der Waals surface area (Å²) in [5.74, 6) is -3.91. The predicted molar refractivity (Wildman–Crippen MR) is 346 cm³/mol. The van der Waals surface area contributed by atoms with E-state index in [0.29, 0.717) is 74.3 Å². The second kappa shape index (κ2) is 27.6. The van der Waals surface area contributed by atoms with Crippen molar-refractivity contribution in [2.24, 2.45) is 28.9 Å². The minimum Gasteiger partial charge on any atom is -0.494 e. The molecule has 0 spiro atoms. The molecule has 5 fully saturated rings. The molecule has 0 radical (unpaired) electrons. The van der Waals surface area contributed by atoms with Gasteiger partial charge in [-0.05, 0) is 124 Å². The zero-order valence-corrected chi connectivity index (χ0v) is 55.2. The Labute approximate surface area is 549 Å². The molecule has 3 saturated heterocycles. The van der Waals surface area contributed by atoms with E-state index >= 15 is 8.78 Å². The van der Waals surface area contributed by atoms with Crippen LogP contribution in [0.25, 0.3) is 21.6 Å². The largest absolute Gasteiger partial charge is 0.494 e. The molecule has 18 nitrogen and oxygen atoms in total. The standard InChI is InChI=1S/C70H84ClF3N8O10S/c1-39-56-54(33-50(72)59(71)58(56)57-49(63(75)85)18-19-52(90-6)60(57)73)92-70(39,46-10-8-7-9-11-46)37-77-47-16-14-43(15-17-47)65(87)81-28-22-42(23-29-81)30-41-20-26-80(27-21-41)55(84)36-91-53-31-44(61-40(2)78-38-93-61)12-13-45(53)34-76-64(86)51-32-48(83)35-82(51)66(88)62(68(3,4)5)79-67(89)69(74)24-25-69/h7-13,18-19,31,33,38-39,41-43,47-48,51,62,77,83H,14-17,20-30,32,34-37H2,1-6H3,(H2,75,85)(H,76,86)(H,79,89)/t39-,43?,47?,48+,51-,62+,70-/m0/s1. The van der Waals surface area contributed by atoms with Gasteiger partial charge in [0.25, 0.3) is 11.8 Å². The maximum Gasteiger partial charge on any atom is 0.260 e. The fraction of sp³-hybridized carbons (Fsp3) is 0.529. The predicted octanol–water partition coefficient (Wildman–Crippen LogP) is 9.92. The summed E-state index contributed by atoms with van der Waals surface area (Å²) in [5, 5.41) is 19.6. The van der Waals surface area contributed by atoms with E-state index in [-0.39, 0.29) is 95.9 Å². The lowest BCUT2D eigenvalue weighted by Gasteiger charge is -2.39. The number of aliphatic hydroxyl groups is 1. The summed E-state index contributed by atoms with van der Waals surface area (Å²) in [6.45, 7) is 11.6. The minimum absolute atomic E-state index is 0.0150. The van der Waals surface area contributed by atoms with Crippen LogP contribution in [0.1, 0.15) is 143 Å². The van der Waals surface area contributed by atoms with E-state index in [1.54, 1.807) is 26.3 Å². The maximum atomic E-state index is 16.3. The van der Waals surface area contributed by atoms with E-state index in [1.165, 1.54) is 41.5 Å². The second-order valence-corrected chi connectivity index (χ2v) is 28.6. The molecule has 23 heteroatoms. The molecule has 0 bridgehead atoms. The molecule has 6 amide bonds. The first-order valence-corrected chi connectivity index (χ1v) is 33.8. The van der Waals surface area contributed by atoms with Crippen LogP contribution < -0.4 is 35.9 Å². The Bertz CT molecular complexity index is 3640. The van der Waals surface area contributed by atoms with Gasteiger partial charge in [0, 0.05) is 98.4 Å². The molecule has 2 aliphatic carbocycles. The third-order valence-corrected chi connectivity index (χ3v) is 21.6.